The lowest BCUT2D eigenvalue weighted by molar-refractivity contribution is 0.0905. The summed E-state index contributed by atoms with van der Waals surface area (Å²) in [7, 11) is 0. The average Bonchev–Trinajstić information content (AvgIpc) is 2.60. The van der Waals surface area contributed by atoms with Crippen LogP contribution in [0, 0.1) is 0 Å². The highest BCUT2D eigenvalue weighted by molar-refractivity contribution is 5.15. The zero-order valence-corrected chi connectivity index (χ0v) is 16.0. The molecule has 2 atom stereocenters. The van der Waals surface area contributed by atoms with Crippen molar-refractivity contribution in [2.45, 2.75) is 39.1 Å². The quantitative estimate of drug-likeness (QED) is 0.650. The van der Waals surface area contributed by atoms with Gasteiger partial charge in [0.1, 0.15) is 0 Å². The summed E-state index contributed by atoms with van der Waals surface area (Å²) in [6, 6.07) is 20.7. The normalized spacial score (nSPS) is 13.9. The second-order valence-electron chi connectivity index (χ2n) is 7.14. The molecule has 4 heteroatoms. The van der Waals surface area contributed by atoms with Crippen LogP contribution in [-0.2, 0) is 13.1 Å². The summed E-state index contributed by atoms with van der Waals surface area (Å²) in [5.74, 6) is 0. The number of hydrogen-bond donors (Lipinski definition) is 2. The molecule has 2 aromatic rings. The van der Waals surface area contributed by atoms with E-state index in [1.54, 1.807) is 0 Å². The third-order valence-corrected chi connectivity index (χ3v) is 4.28. The molecule has 0 aromatic heterocycles. The molecule has 26 heavy (non-hydrogen) atoms. The van der Waals surface area contributed by atoms with E-state index in [2.05, 4.69) is 34.1 Å². The summed E-state index contributed by atoms with van der Waals surface area (Å²) in [5, 5.41) is 19.7. The van der Waals surface area contributed by atoms with Crippen LogP contribution in [0.1, 0.15) is 25.0 Å². The lowest BCUT2D eigenvalue weighted by Crippen LogP contribution is -2.40. The van der Waals surface area contributed by atoms with Gasteiger partial charge in [-0.15, -0.1) is 0 Å². The fourth-order valence-corrected chi connectivity index (χ4v) is 3.18. The zero-order chi connectivity index (χ0) is 18.8. The standard InChI is InChI=1S/C22H32N2O2/c1-19(25)15-23(17-21-9-5-3-6-10-21)13-14-24(16-20(2)26)18-22-11-7-4-8-12-22/h3-12,19-20,25-26H,13-18H2,1-2H3. The van der Waals surface area contributed by atoms with Gasteiger partial charge in [0.25, 0.3) is 0 Å². The predicted octanol–water partition coefficient (Wildman–Crippen LogP) is 2.75. The van der Waals surface area contributed by atoms with Gasteiger partial charge < -0.3 is 10.2 Å². The lowest BCUT2D eigenvalue weighted by Gasteiger charge is -2.29. The topological polar surface area (TPSA) is 46.9 Å². The van der Waals surface area contributed by atoms with Crippen molar-refractivity contribution in [3.8, 4) is 0 Å². The summed E-state index contributed by atoms with van der Waals surface area (Å²) in [6.45, 7) is 8.27. The zero-order valence-electron chi connectivity index (χ0n) is 16.0. The van der Waals surface area contributed by atoms with E-state index in [1.165, 1.54) is 11.1 Å². The van der Waals surface area contributed by atoms with Crippen molar-refractivity contribution in [1.82, 2.24) is 9.80 Å². The molecule has 0 saturated heterocycles. The van der Waals surface area contributed by atoms with Crippen LogP contribution in [0.25, 0.3) is 0 Å². The second kappa shape index (κ2) is 11.1. The Morgan fingerprint density at radius 2 is 1.00 bits per heavy atom. The number of aliphatic hydroxyl groups excluding tert-OH is 2. The minimum atomic E-state index is -0.363. The van der Waals surface area contributed by atoms with Crippen molar-refractivity contribution < 1.29 is 10.2 Å². The number of hydrogen-bond acceptors (Lipinski definition) is 4. The van der Waals surface area contributed by atoms with Crippen LogP contribution in [0.4, 0.5) is 0 Å². The Hall–Kier alpha value is -1.72. The first-order chi connectivity index (χ1) is 12.5. The van der Waals surface area contributed by atoms with Crippen molar-refractivity contribution in [2.75, 3.05) is 26.2 Å². The van der Waals surface area contributed by atoms with Crippen molar-refractivity contribution in [3.63, 3.8) is 0 Å². The number of rotatable bonds is 11. The molecule has 0 bridgehead atoms. The van der Waals surface area contributed by atoms with Crippen molar-refractivity contribution in [3.05, 3.63) is 71.8 Å². The van der Waals surface area contributed by atoms with E-state index < -0.39 is 0 Å². The minimum Gasteiger partial charge on any atom is -0.392 e. The molecule has 4 nitrogen and oxygen atoms in total. The Balaban J connectivity index is 1.97. The van der Waals surface area contributed by atoms with Gasteiger partial charge in [0.2, 0.25) is 0 Å². The molecule has 142 valence electrons. The first kappa shape index (κ1) is 20.6. The fourth-order valence-electron chi connectivity index (χ4n) is 3.18. The van der Waals surface area contributed by atoms with Crippen LogP contribution in [0.3, 0.4) is 0 Å². The van der Waals surface area contributed by atoms with Gasteiger partial charge in [-0.2, -0.15) is 0 Å². The lowest BCUT2D eigenvalue weighted by atomic mass is 10.2. The minimum absolute atomic E-state index is 0.363. The molecule has 0 aliphatic carbocycles. The highest BCUT2D eigenvalue weighted by Crippen LogP contribution is 2.09. The Morgan fingerprint density at radius 1 is 0.654 bits per heavy atom. The number of benzene rings is 2. The van der Waals surface area contributed by atoms with E-state index >= 15 is 0 Å². The van der Waals surface area contributed by atoms with E-state index in [1.807, 2.05) is 50.2 Å². The molecular formula is C22H32N2O2. The van der Waals surface area contributed by atoms with Gasteiger partial charge in [0.15, 0.2) is 0 Å². The predicted molar refractivity (Wildman–Crippen MR) is 107 cm³/mol. The van der Waals surface area contributed by atoms with Crippen molar-refractivity contribution in [1.29, 1.82) is 0 Å². The van der Waals surface area contributed by atoms with Gasteiger partial charge in [-0.25, -0.2) is 0 Å². The molecule has 0 amide bonds. The van der Waals surface area contributed by atoms with Gasteiger partial charge in [-0.1, -0.05) is 60.7 Å². The highest BCUT2D eigenvalue weighted by atomic mass is 16.3. The maximum atomic E-state index is 9.85. The van der Waals surface area contributed by atoms with Gasteiger partial charge in [0.05, 0.1) is 12.2 Å². The Morgan fingerprint density at radius 3 is 1.31 bits per heavy atom. The molecule has 2 unspecified atom stereocenters. The molecule has 2 N–H and O–H groups in total. The van der Waals surface area contributed by atoms with Crippen LogP contribution >= 0.6 is 0 Å². The molecule has 0 saturated carbocycles. The Labute approximate surface area is 157 Å². The molecular weight excluding hydrogens is 324 g/mol. The average molecular weight is 357 g/mol. The fraction of sp³-hybridized carbons (Fsp3) is 0.455. The van der Waals surface area contributed by atoms with Crippen LogP contribution in [0.15, 0.2) is 60.7 Å². The number of nitrogens with zero attached hydrogens (tertiary/aromatic N) is 2. The maximum absolute atomic E-state index is 9.85. The summed E-state index contributed by atoms with van der Waals surface area (Å²) >= 11 is 0. The summed E-state index contributed by atoms with van der Waals surface area (Å²) in [4.78, 5) is 4.56. The van der Waals surface area contributed by atoms with E-state index in [9.17, 15) is 10.2 Å². The van der Waals surface area contributed by atoms with E-state index in [-0.39, 0.29) is 12.2 Å². The summed E-state index contributed by atoms with van der Waals surface area (Å²) in [6.07, 6.45) is -0.726. The monoisotopic (exact) mass is 356 g/mol. The third kappa shape index (κ3) is 8.11. The van der Waals surface area contributed by atoms with Gasteiger partial charge in [-0.3, -0.25) is 9.80 Å². The molecule has 2 aromatic carbocycles. The molecule has 0 heterocycles. The van der Waals surface area contributed by atoms with Gasteiger partial charge in [0, 0.05) is 39.3 Å². The first-order valence-corrected chi connectivity index (χ1v) is 9.41. The molecule has 0 radical (unpaired) electrons. The van der Waals surface area contributed by atoms with E-state index in [0.29, 0.717) is 13.1 Å². The van der Waals surface area contributed by atoms with Gasteiger partial charge >= 0.3 is 0 Å². The van der Waals surface area contributed by atoms with E-state index in [4.69, 9.17) is 0 Å². The van der Waals surface area contributed by atoms with Crippen molar-refractivity contribution in [2.24, 2.45) is 0 Å². The van der Waals surface area contributed by atoms with Crippen LogP contribution in [-0.4, -0.2) is 58.4 Å². The number of aliphatic hydroxyl groups is 2. The smallest absolute Gasteiger partial charge is 0.0639 e. The highest BCUT2D eigenvalue weighted by Gasteiger charge is 2.14. The molecule has 0 aliphatic rings. The first-order valence-electron chi connectivity index (χ1n) is 9.41. The molecule has 0 spiro atoms. The SMILES string of the molecule is CC(O)CN(CCN(Cc1ccccc1)CC(C)O)Cc1ccccc1. The van der Waals surface area contributed by atoms with Crippen LogP contribution in [0.5, 0.6) is 0 Å². The largest absolute Gasteiger partial charge is 0.392 e. The van der Waals surface area contributed by atoms with E-state index in [0.717, 1.165) is 26.2 Å². The Bertz CT molecular complexity index is 547. The van der Waals surface area contributed by atoms with Crippen LogP contribution in [0.2, 0.25) is 0 Å². The maximum Gasteiger partial charge on any atom is 0.0639 e. The summed E-state index contributed by atoms with van der Waals surface area (Å²) in [5.41, 5.74) is 2.50. The second-order valence-corrected chi connectivity index (χ2v) is 7.14. The summed E-state index contributed by atoms with van der Waals surface area (Å²) < 4.78 is 0. The van der Waals surface area contributed by atoms with Crippen molar-refractivity contribution >= 4 is 0 Å². The molecule has 2 rings (SSSR count). The third-order valence-electron chi connectivity index (χ3n) is 4.28. The molecule has 0 aliphatic heterocycles. The van der Waals surface area contributed by atoms with Gasteiger partial charge in [-0.05, 0) is 25.0 Å². The van der Waals surface area contributed by atoms with Crippen LogP contribution < -0.4 is 0 Å². The Kier molecular flexibility index (Phi) is 8.78. The molecule has 0 fully saturated rings.